The molecule has 1 aromatic rings. The second-order valence-electron chi connectivity index (χ2n) is 4.53. The van der Waals surface area contributed by atoms with E-state index in [1.54, 1.807) is 23.1 Å². The molecule has 0 aliphatic heterocycles. The van der Waals surface area contributed by atoms with Crippen LogP contribution in [0.2, 0.25) is 0 Å². The Hall–Kier alpha value is -0.680. The Kier molecular flexibility index (Phi) is 5.33. The minimum Gasteiger partial charge on any atom is -0.337 e. The third-order valence-electron chi connectivity index (χ3n) is 2.60. The number of thiophene rings is 1. The maximum atomic E-state index is 11.6. The van der Waals surface area contributed by atoms with Crippen LogP contribution in [0, 0.1) is 6.92 Å². The molecule has 2 amide bonds. The summed E-state index contributed by atoms with van der Waals surface area (Å²) in [6, 6.07) is 1.97. The summed E-state index contributed by atoms with van der Waals surface area (Å²) in [6.07, 6.45) is 2.05. The van der Waals surface area contributed by atoms with Gasteiger partial charge in [0.2, 0.25) is 0 Å². The molecule has 1 heterocycles. The first-order chi connectivity index (χ1) is 7.94. The molecule has 0 atom stereocenters. The van der Waals surface area contributed by atoms with Crippen LogP contribution >= 0.6 is 23.1 Å². The van der Waals surface area contributed by atoms with Gasteiger partial charge in [0.05, 0.1) is 6.54 Å². The lowest BCUT2D eigenvalue weighted by molar-refractivity contribution is 0.240. The third kappa shape index (κ3) is 5.00. The van der Waals surface area contributed by atoms with E-state index >= 15 is 0 Å². The van der Waals surface area contributed by atoms with Crippen LogP contribution in [0.3, 0.4) is 0 Å². The molecule has 17 heavy (non-hydrogen) atoms. The van der Waals surface area contributed by atoms with Crippen molar-refractivity contribution in [2.24, 2.45) is 0 Å². The molecule has 0 saturated carbocycles. The van der Waals surface area contributed by atoms with E-state index < -0.39 is 0 Å². The molecule has 0 bridgehead atoms. The van der Waals surface area contributed by atoms with Crippen molar-refractivity contribution in [2.75, 3.05) is 12.8 Å². The van der Waals surface area contributed by atoms with Gasteiger partial charge in [-0.2, -0.15) is 11.8 Å². The van der Waals surface area contributed by atoms with Gasteiger partial charge < -0.3 is 10.6 Å². The van der Waals surface area contributed by atoms with Gasteiger partial charge >= 0.3 is 6.03 Å². The van der Waals surface area contributed by atoms with Gasteiger partial charge in [-0.3, -0.25) is 0 Å². The monoisotopic (exact) mass is 272 g/mol. The molecule has 1 aromatic heterocycles. The molecule has 1 rings (SSSR count). The Balaban J connectivity index is 2.29. The van der Waals surface area contributed by atoms with E-state index in [4.69, 9.17) is 0 Å². The van der Waals surface area contributed by atoms with E-state index in [-0.39, 0.29) is 10.8 Å². The molecule has 0 saturated heterocycles. The van der Waals surface area contributed by atoms with E-state index in [1.807, 2.05) is 5.38 Å². The SMILES string of the molecule is CSC(C)(C)CNC(=O)NCc1sccc1C. The Labute approximate surface area is 111 Å². The smallest absolute Gasteiger partial charge is 0.315 e. The predicted octanol–water partition coefficient (Wildman–Crippen LogP) is 3.00. The molecular weight excluding hydrogens is 252 g/mol. The molecule has 0 aromatic carbocycles. The largest absolute Gasteiger partial charge is 0.337 e. The van der Waals surface area contributed by atoms with E-state index in [0.717, 1.165) is 0 Å². The summed E-state index contributed by atoms with van der Waals surface area (Å²) in [7, 11) is 0. The minimum atomic E-state index is -0.0973. The molecule has 0 aliphatic rings. The topological polar surface area (TPSA) is 41.1 Å². The lowest BCUT2D eigenvalue weighted by Crippen LogP contribution is -2.41. The van der Waals surface area contributed by atoms with Crippen molar-refractivity contribution >= 4 is 29.1 Å². The Bertz CT molecular complexity index is 374. The van der Waals surface area contributed by atoms with Crippen molar-refractivity contribution in [3.8, 4) is 0 Å². The van der Waals surface area contributed by atoms with Crippen LogP contribution < -0.4 is 10.6 Å². The van der Waals surface area contributed by atoms with Gasteiger partial charge in [-0.05, 0) is 44.0 Å². The Morgan fingerprint density at radius 1 is 1.47 bits per heavy atom. The number of thioether (sulfide) groups is 1. The highest BCUT2D eigenvalue weighted by Crippen LogP contribution is 2.19. The summed E-state index contributed by atoms with van der Waals surface area (Å²) >= 11 is 3.42. The van der Waals surface area contributed by atoms with Gasteiger partial charge in [-0.25, -0.2) is 4.79 Å². The molecule has 0 radical (unpaired) electrons. The zero-order chi connectivity index (χ0) is 12.9. The number of rotatable bonds is 5. The molecule has 96 valence electrons. The van der Waals surface area contributed by atoms with Crippen LogP contribution in [-0.4, -0.2) is 23.6 Å². The van der Waals surface area contributed by atoms with Crippen LogP contribution in [0.5, 0.6) is 0 Å². The zero-order valence-corrected chi connectivity index (χ0v) is 12.4. The lowest BCUT2D eigenvalue weighted by atomic mass is 10.2. The fraction of sp³-hybridized carbons (Fsp3) is 0.583. The quantitative estimate of drug-likeness (QED) is 0.865. The number of aryl methyl sites for hydroxylation is 1. The zero-order valence-electron chi connectivity index (χ0n) is 10.8. The maximum Gasteiger partial charge on any atom is 0.315 e. The first-order valence-corrected chi connectivity index (χ1v) is 7.65. The van der Waals surface area contributed by atoms with Crippen molar-refractivity contribution in [1.82, 2.24) is 10.6 Å². The van der Waals surface area contributed by atoms with Crippen molar-refractivity contribution in [3.63, 3.8) is 0 Å². The summed E-state index contributed by atoms with van der Waals surface area (Å²) in [5.74, 6) is 0. The Morgan fingerprint density at radius 3 is 2.71 bits per heavy atom. The fourth-order valence-electron chi connectivity index (χ4n) is 1.17. The third-order valence-corrected chi connectivity index (χ3v) is 4.88. The number of carbonyl (C=O) groups excluding carboxylic acids is 1. The second kappa shape index (κ2) is 6.31. The molecule has 0 fully saturated rings. The van der Waals surface area contributed by atoms with Gasteiger partial charge in [0.25, 0.3) is 0 Å². The molecule has 2 N–H and O–H groups in total. The van der Waals surface area contributed by atoms with Gasteiger partial charge in [0.1, 0.15) is 0 Å². The van der Waals surface area contributed by atoms with Crippen LogP contribution in [0.4, 0.5) is 4.79 Å². The van der Waals surface area contributed by atoms with Gasteiger partial charge in [-0.1, -0.05) is 0 Å². The van der Waals surface area contributed by atoms with Crippen LogP contribution in [0.15, 0.2) is 11.4 Å². The van der Waals surface area contributed by atoms with E-state index in [0.29, 0.717) is 13.1 Å². The summed E-state index contributed by atoms with van der Waals surface area (Å²) in [5.41, 5.74) is 1.24. The van der Waals surface area contributed by atoms with E-state index in [1.165, 1.54) is 10.4 Å². The van der Waals surface area contributed by atoms with Crippen LogP contribution in [0.1, 0.15) is 24.3 Å². The molecule has 0 spiro atoms. The molecule has 0 unspecified atom stereocenters. The van der Waals surface area contributed by atoms with Gasteiger partial charge in [0.15, 0.2) is 0 Å². The number of urea groups is 1. The molecule has 5 heteroatoms. The number of hydrogen-bond donors (Lipinski definition) is 2. The summed E-state index contributed by atoms with van der Waals surface area (Å²) < 4.78 is 0.0796. The number of amides is 2. The average Bonchev–Trinajstić information content (AvgIpc) is 2.70. The lowest BCUT2D eigenvalue weighted by Gasteiger charge is -2.22. The van der Waals surface area contributed by atoms with E-state index in [2.05, 4.69) is 43.7 Å². The summed E-state index contributed by atoms with van der Waals surface area (Å²) in [5, 5.41) is 7.81. The molecular formula is C12H20N2OS2. The summed E-state index contributed by atoms with van der Waals surface area (Å²) in [6.45, 7) is 7.56. The van der Waals surface area contributed by atoms with Crippen molar-refractivity contribution < 1.29 is 4.79 Å². The van der Waals surface area contributed by atoms with E-state index in [9.17, 15) is 4.79 Å². The van der Waals surface area contributed by atoms with Crippen LogP contribution in [-0.2, 0) is 6.54 Å². The van der Waals surface area contributed by atoms with Crippen molar-refractivity contribution in [3.05, 3.63) is 21.9 Å². The first kappa shape index (κ1) is 14.4. The summed E-state index contributed by atoms with van der Waals surface area (Å²) in [4.78, 5) is 12.8. The minimum absolute atomic E-state index is 0.0796. The van der Waals surface area contributed by atoms with Crippen LogP contribution in [0.25, 0.3) is 0 Å². The number of carbonyl (C=O) groups is 1. The highest BCUT2D eigenvalue weighted by Gasteiger charge is 2.16. The molecule has 3 nitrogen and oxygen atoms in total. The first-order valence-electron chi connectivity index (χ1n) is 5.54. The van der Waals surface area contributed by atoms with Crippen molar-refractivity contribution in [2.45, 2.75) is 32.1 Å². The number of hydrogen-bond acceptors (Lipinski definition) is 3. The maximum absolute atomic E-state index is 11.6. The number of nitrogens with one attached hydrogen (secondary N) is 2. The second-order valence-corrected chi connectivity index (χ2v) is 7.04. The predicted molar refractivity (Wildman–Crippen MR) is 76.9 cm³/mol. The fourth-order valence-corrected chi connectivity index (χ4v) is 2.24. The normalized spacial score (nSPS) is 11.3. The average molecular weight is 272 g/mol. The van der Waals surface area contributed by atoms with Crippen molar-refractivity contribution in [1.29, 1.82) is 0 Å². The highest BCUT2D eigenvalue weighted by molar-refractivity contribution is 7.99. The standard InChI is InChI=1S/C12H20N2OS2/c1-9-5-6-17-10(9)7-13-11(15)14-8-12(2,3)16-4/h5-6H,7-8H2,1-4H3,(H2,13,14,15). The Morgan fingerprint density at radius 2 is 2.18 bits per heavy atom. The highest BCUT2D eigenvalue weighted by atomic mass is 32.2. The van der Waals surface area contributed by atoms with Gasteiger partial charge in [0, 0.05) is 16.2 Å². The van der Waals surface area contributed by atoms with Gasteiger partial charge in [-0.15, -0.1) is 11.3 Å². The molecule has 0 aliphatic carbocycles.